The molecule has 1 N–H and O–H groups in total. The Balaban J connectivity index is 1.80. The highest BCUT2D eigenvalue weighted by atomic mass is 79.9. The van der Waals surface area contributed by atoms with Gasteiger partial charge < -0.3 is 5.32 Å². The lowest BCUT2D eigenvalue weighted by molar-refractivity contribution is 0.512. The van der Waals surface area contributed by atoms with Gasteiger partial charge in [0.05, 0.1) is 0 Å². The fourth-order valence-corrected chi connectivity index (χ4v) is 3.52. The van der Waals surface area contributed by atoms with Gasteiger partial charge in [-0.25, -0.2) is 0 Å². The van der Waals surface area contributed by atoms with Crippen molar-refractivity contribution in [2.75, 3.05) is 6.54 Å². The Morgan fingerprint density at radius 3 is 2.88 bits per heavy atom. The van der Waals surface area contributed by atoms with E-state index in [1.807, 2.05) is 6.07 Å². The Morgan fingerprint density at radius 2 is 2.12 bits per heavy atom. The molecule has 0 spiro atoms. The molecule has 1 aromatic rings. The van der Waals surface area contributed by atoms with Crippen LogP contribution in [0.15, 0.2) is 16.6 Å². The van der Waals surface area contributed by atoms with Crippen LogP contribution in [0.1, 0.15) is 36.4 Å². The molecule has 2 aliphatic carbocycles. The fraction of sp³-hybridized carbons (Fsp3) is 0.538. The molecular weight excluding hydrogens is 286 g/mol. The highest BCUT2D eigenvalue weighted by molar-refractivity contribution is 9.10. The van der Waals surface area contributed by atoms with E-state index in [1.54, 1.807) is 0 Å². The van der Waals surface area contributed by atoms with Gasteiger partial charge in [0.25, 0.3) is 0 Å². The summed E-state index contributed by atoms with van der Waals surface area (Å²) < 4.78 is 1.17. The first-order valence-electron chi connectivity index (χ1n) is 5.95. The SMILES string of the molecule is Clc1cc(Br)c2c(c1)C(NCC1CC1)CC2. The van der Waals surface area contributed by atoms with Crippen molar-refractivity contribution in [2.45, 2.75) is 31.7 Å². The molecule has 1 atom stereocenters. The molecule has 1 unspecified atom stereocenters. The Morgan fingerprint density at radius 1 is 1.31 bits per heavy atom. The highest BCUT2D eigenvalue weighted by Crippen LogP contribution is 2.38. The largest absolute Gasteiger partial charge is 0.310 e. The van der Waals surface area contributed by atoms with Crippen LogP contribution in [0.4, 0.5) is 0 Å². The first-order valence-corrected chi connectivity index (χ1v) is 7.12. The first-order chi connectivity index (χ1) is 7.74. The molecule has 0 heterocycles. The number of benzene rings is 1. The average Bonchev–Trinajstić information content (AvgIpc) is 2.97. The quantitative estimate of drug-likeness (QED) is 0.886. The van der Waals surface area contributed by atoms with E-state index in [9.17, 15) is 0 Å². The van der Waals surface area contributed by atoms with Gasteiger partial charge in [0, 0.05) is 15.5 Å². The predicted molar refractivity (Wildman–Crippen MR) is 70.9 cm³/mol. The lowest BCUT2D eigenvalue weighted by atomic mass is 10.1. The van der Waals surface area contributed by atoms with Crippen LogP contribution in [-0.2, 0) is 6.42 Å². The molecule has 2 aliphatic rings. The molecule has 0 amide bonds. The van der Waals surface area contributed by atoms with Gasteiger partial charge in [0.1, 0.15) is 0 Å². The smallest absolute Gasteiger partial charge is 0.0420 e. The maximum atomic E-state index is 6.11. The number of hydrogen-bond donors (Lipinski definition) is 1. The zero-order valence-electron chi connectivity index (χ0n) is 9.10. The molecule has 1 fully saturated rings. The third-order valence-electron chi connectivity index (χ3n) is 3.60. The van der Waals surface area contributed by atoms with E-state index in [-0.39, 0.29) is 0 Å². The molecule has 0 aromatic heterocycles. The summed E-state index contributed by atoms with van der Waals surface area (Å²) in [5.41, 5.74) is 2.85. The summed E-state index contributed by atoms with van der Waals surface area (Å²) in [5, 5.41) is 4.51. The first kappa shape index (κ1) is 11.1. The number of rotatable bonds is 3. The van der Waals surface area contributed by atoms with E-state index in [4.69, 9.17) is 11.6 Å². The minimum absolute atomic E-state index is 0.519. The van der Waals surface area contributed by atoms with Crippen LogP contribution >= 0.6 is 27.5 Å². The fourth-order valence-electron chi connectivity index (χ4n) is 2.49. The van der Waals surface area contributed by atoms with E-state index in [2.05, 4.69) is 27.3 Å². The van der Waals surface area contributed by atoms with Crippen molar-refractivity contribution in [2.24, 2.45) is 5.92 Å². The Hall–Kier alpha value is -0.0500. The number of fused-ring (bicyclic) bond motifs is 1. The molecule has 1 saturated carbocycles. The van der Waals surface area contributed by atoms with Crippen molar-refractivity contribution in [3.63, 3.8) is 0 Å². The number of hydrogen-bond acceptors (Lipinski definition) is 1. The van der Waals surface area contributed by atoms with Crippen LogP contribution in [0.25, 0.3) is 0 Å². The third kappa shape index (κ3) is 2.15. The van der Waals surface area contributed by atoms with Crippen LogP contribution < -0.4 is 5.32 Å². The van der Waals surface area contributed by atoms with E-state index in [1.165, 1.54) is 41.4 Å². The minimum atomic E-state index is 0.519. The monoisotopic (exact) mass is 299 g/mol. The lowest BCUT2D eigenvalue weighted by Crippen LogP contribution is -2.21. The molecule has 3 heteroatoms. The summed E-state index contributed by atoms with van der Waals surface area (Å²) >= 11 is 9.72. The molecule has 1 aromatic carbocycles. The van der Waals surface area contributed by atoms with E-state index in [0.29, 0.717) is 6.04 Å². The Labute approximate surface area is 110 Å². The van der Waals surface area contributed by atoms with Gasteiger partial charge in [-0.3, -0.25) is 0 Å². The molecule has 0 aliphatic heterocycles. The van der Waals surface area contributed by atoms with Crippen LogP contribution in [0.5, 0.6) is 0 Å². The molecule has 16 heavy (non-hydrogen) atoms. The van der Waals surface area contributed by atoms with Gasteiger partial charge in [-0.05, 0) is 61.4 Å². The van der Waals surface area contributed by atoms with E-state index >= 15 is 0 Å². The van der Waals surface area contributed by atoms with Crippen molar-refractivity contribution >= 4 is 27.5 Å². The number of halogens is 2. The summed E-state index contributed by atoms with van der Waals surface area (Å²) in [5.74, 6) is 0.937. The van der Waals surface area contributed by atoms with Crippen LogP contribution in [0.2, 0.25) is 5.02 Å². The minimum Gasteiger partial charge on any atom is -0.310 e. The second-order valence-corrected chi connectivity index (χ2v) is 6.19. The van der Waals surface area contributed by atoms with Gasteiger partial charge in [-0.2, -0.15) is 0 Å². The van der Waals surface area contributed by atoms with Gasteiger partial charge in [-0.1, -0.05) is 27.5 Å². The average molecular weight is 301 g/mol. The van der Waals surface area contributed by atoms with E-state index < -0.39 is 0 Å². The standard InChI is InChI=1S/C13H15BrClN/c14-12-6-9(15)5-11-10(12)3-4-13(11)16-7-8-1-2-8/h5-6,8,13,16H,1-4,7H2. The predicted octanol–water partition coefficient (Wildman–Crippen LogP) is 4.09. The van der Waals surface area contributed by atoms with Crippen molar-refractivity contribution in [1.29, 1.82) is 0 Å². The maximum Gasteiger partial charge on any atom is 0.0420 e. The highest BCUT2D eigenvalue weighted by Gasteiger charge is 2.27. The molecule has 0 radical (unpaired) electrons. The Kier molecular flexibility index (Phi) is 2.99. The van der Waals surface area contributed by atoms with Gasteiger partial charge in [0.15, 0.2) is 0 Å². The molecule has 86 valence electrons. The summed E-state index contributed by atoms with van der Waals surface area (Å²) in [6, 6.07) is 4.65. The van der Waals surface area contributed by atoms with Gasteiger partial charge in [0.2, 0.25) is 0 Å². The summed E-state index contributed by atoms with van der Waals surface area (Å²) in [4.78, 5) is 0. The zero-order chi connectivity index (χ0) is 11.1. The maximum absolute atomic E-state index is 6.11. The second kappa shape index (κ2) is 4.32. The molecule has 0 bridgehead atoms. The van der Waals surface area contributed by atoms with Crippen molar-refractivity contribution < 1.29 is 0 Å². The van der Waals surface area contributed by atoms with Gasteiger partial charge in [-0.15, -0.1) is 0 Å². The second-order valence-electron chi connectivity index (χ2n) is 4.90. The van der Waals surface area contributed by atoms with Crippen LogP contribution in [0, 0.1) is 5.92 Å². The summed E-state index contributed by atoms with van der Waals surface area (Å²) in [6.07, 6.45) is 5.19. The van der Waals surface area contributed by atoms with Crippen molar-refractivity contribution in [3.05, 3.63) is 32.8 Å². The number of nitrogens with one attached hydrogen (secondary N) is 1. The van der Waals surface area contributed by atoms with Gasteiger partial charge >= 0.3 is 0 Å². The zero-order valence-corrected chi connectivity index (χ0v) is 11.4. The van der Waals surface area contributed by atoms with Crippen molar-refractivity contribution in [1.82, 2.24) is 5.32 Å². The third-order valence-corrected chi connectivity index (χ3v) is 4.53. The molecule has 1 nitrogen and oxygen atoms in total. The summed E-state index contributed by atoms with van der Waals surface area (Å²) in [6.45, 7) is 1.17. The normalized spacial score (nSPS) is 23.5. The van der Waals surface area contributed by atoms with Crippen LogP contribution in [-0.4, -0.2) is 6.54 Å². The molecule has 3 rings (SSSR count). The van der Waals surface area contributed by atoms with Crippen molar-refractivity contribution in [3.8, 4) is 0 Å². The topological polar surface area (TPSA) is 12.0 Å². The summed E-state index contributed by atoms with van der Waals surface area (Å²) in [7, 11) is 0. The Bertz CT molecular complexity index is 415. The molecular formula is C13H15BrClN. The molecule has 0 saturated heterocycles. The van der Waals surface area contributed by atoms with Crippen LogP contribution in [0.3, 0.4) is 0 Å². The van der Waals surface area contributed by atoms with E-state index in [0.717, 1.165) is 17.4 Å². The lowest BCUT2D eigenvalue weighted by Gasteiger charge is -2.14.